The van der Waals surface area contributed by atoms with Gasteiger partial charge in [0, 0.05) is 37.4 Å². The van der Waals surface area contributed by atoms with Crippen LogP contribution in [0.15, 0.2) is 18.2 Å². The van der Waals surface area contributed by atoms with Gasteiger partial charge in [-0.2, -0.15) is 5.10 Å². The predicted octanol–water partition coefficient (Wildman–Crippen LogP) is 3.81. The van der Waals surface area contributed by atoms with E-state index in [9.17, 15) is 4.79 Å². The summed E-state index contributed by atoms with van der Waals surface area (Å²) < 4.78 is 7.62. The first-order valence-corrected chi connectivity index (χ1v) is 11.1. The molecule has 1 saturated heterocycles. The van der Waals surface area contributed by atoms with E-state index in [1.807, 2.05) is 19.9 Å². The summed E-state index contributed by atoms with van der Waals surface area (Å²) in [7, 11) is 0. The SMILES string of the molecule is Cc1nn(-c2ccc(Cl)c(Cl)c2)c(C)c1CC(=O)NCC1CN(CC(C)C)CCO1. The zero-order chi connectivity index (χ0) is 21.8. The maximum atomic E-state index is 12.6. The van der Waals surface area contributed by atoms with Crippen molar-refractivity contribution in [2.45, 2.75) is 40.2 Å². The van der Waals surface area contributed by atoms with Crippen molar-refractivity contribution in [3.63, 3.8) is 0 Å². The molecular weight excluding hydrogens is 423 g/mol. The second-order valence-electron chi connectivity index (χ2n) is 8.29. The summed E-state index contributed by atoms with van der Waals surface area (Å²) >= 11 is 12.2. The third kappa shape index (κ3) is 5.76. The van der Waals surface area contributed by atoms with Crippen molar-refractivity contribution in [2.24, 2.45) is 5.92 Å². The Kier molecular flexibility index (Phi) is 7.80. The number of nitrogens with one attached hydrogen (secondary N) is 1. The molecular formula is C22H30Cl2N4O2. The van der Waals surface area contributed by atoms with Gasteiger partial charge in [0.15, 0.2) is 0 Å². The number of morpholine rings is 1. The molecule has 1 amide bonds. The number of hydrogen-bond donors (Lipinski definition) is 1. The van der Waals surface area contributed by atoms with E-state index in [-0.39, 0.29) is 18.4 Å². The zero-order valence-corrected chi connectivity index (χ0v) is 19.6. The molecule has 0 saturated carbocycles. The smallest absolute Gasteiger partial charge is 0.224 e. The molecule has 1 atom stereocenters. The molecule has 1 fully saturated rings. The quantitative estimate of drug-likeness (QED) is 0.693. The number of nitrogens with zero attached hydrogens (tertiary/aromatic N) is 3. The molecule has 1 unspecified atom stereocenters. The minimum absolute atomic E-state index is 0.0283. The van der Waals surface area contributed by atoms with E-state index in [2.05, 4.69) is 29.2 Å². The van der Waals surface area contributed by atoms with Crippen LogP contribution < -0.4 is 5.32 Å². The molecule has 2 aromatic rings. The Morgan fingerprint density at radius 1 is 1.30 bits per heavy atom. The van der Waals surface area contributed by atoms with Crippen molar-refractivity contribution >= 4 is 29.1 Å². The standard InChI is InChI=1S/C22H30Cl2N4O2/c1-14(2)12-27-7-8-30-18(13-27)11-25-22(29)10-19-15(3)26-28(16(19)4)17-5-6-20(23)21(24)9-17/h5-6,9,14,18H,7-8,10-13H2,1-4H3,(H,25,29). The molecule has 164 valence electrons. The van der Waals surface area contributed by atoms with Crippen LogP contribution in [-0.2, 0) is 16.0 Å². The van der Waals surface area contributed by atoms with E-state index in [1.165, 1.54) is 0 Å². The number of rotatable bonds is 7. The molecule has 1 aliphatic heterocycles. The van der Waals surface area contributed by atoms with Gasteiger partial charge in [0.2, 0.25) is 5.91 Å². The number of hydrogen-bond acceptors (Lipinski definition) is 4. The maximum Gasteiger partial charge on any atom is 0.224 e. The van der Waals surface area contributed by atoms with Gasteiger partial charge in [-0.05, 0) is 38.0 Å². The number of aromatic nitrogens is 2. The van der Waals surface area contributed by atoms with E-state index < -0.39 is 0 Å². The molecule has 0 radical (unpaired) electrons. The predicted molar refractivity (Wildman–Crippen MR) is 121 cm³/mol. The highest BCUT2D eigenvalue weighted by molar-refractivity contribution is 6.42. The van der Waals surface area contributed by atoms with Crippen molar-refractivity contribution in [3.8, 4) is 5.69 Å². The Balaban J connectivity index is 1.60. The lowest BCUT2D eigenvalue weighted by Gasteiger charge is -2.33. The molecule has 1 aromatic heterocycles. The third-order valence-corrected chi connectivity index (χ3v) is 6.04. The third-order valence-electron chi connectivity index (χ3n) is 5.30. The highest BCUT2D eigenvalue weighted by Crippen LogP contribution is 2.26. The number of benzene rings is 1. The first kappa shape index (κ1) is 23.1. The Morgan fingerprint density at radius 3 is 2.77 bits per heavy atom. The summed E-state index contributed by atoms with van der Waals surface area (Å²) in [4.78, 5) is 15.0. The van der Waals surface area contributed by atoms with Gasteiger partial charge in [0.05, 0.1) is 40.6 Å². The molecule has 6 nitrogen and oxygen atoms in total. The van der Waals surface area contributed by atoms with Crippen LogP contribution in [0.2, 0.25) is 10.0 Å². The highest BCUT2D eigenvalue weighted by atomic mass is 35.5. The van der Waals surface area contributed by atoms with E-state index in [0.29, 0.717) is 29.1 Å². The number of aryl methyl sites for hydroxylation is 1. The van der Waals surface area contributed by atoms with Gasteiger partial charge < -0.3 is 10.1 Å². The average molecular weight is 453 g/mol. The summed E-state index contributed by atoms with van der Waals surface area (Å²) in [5.74, 6) is 0.593. The maximum absolute atomic E-state index is 12.6. The fraction of sp³-hybridized carbons (Fsp3) is 0.545. The molecule has 1 aromatic carbocycles. The molecule has 3 rings (SSSR count). The van der Waals surface area contributed by atoms with E-state index in [0.717, 1.165) is 42.3 Å². The monoisotopic (exact) mass is 452 g/mol. The topological polar surface area (TPSA) is 59.4 Å². The summed E-state index contributed by atoms with van der Waals surface area (Å²) in [5, 5.41) is 8.59. The Bertz CT molecular complexity index is 898. The van der Waals surface area contributed by atoms with Crippen LogP contribution in [-0.4, -0.2) is 59.5 Å². The number of ether oxygens (including phenoxy) is 1. The second-order valence-corrected chi connectivity index (χ2v) is 9.10. The van der Waals surface area contributed by atoms with Gasteiger partial charge in [-0.25, -0.2) is 4.68 Å². The second kappa shape index (κ2) is 10.1. The van der Waals surface area contributed by atoms with Crippen molar-refractivity contribution in [2.75, 3.05) is 32.8 Å². The zero-order valence-electron chi connectivity index (χ0n) is 18.0. The number of carbonyl (C=O) groups is 1. The number of amides is 1. The van der Waals surface area contributed by atoms with Gasteiger partial charge in [-0.1, -0.05) is 37.0 Å². The number of halogens is 2. The van der Waals surface area contributed by atoms with Gasteiger partial charge in [-0.3, -0.25) is 9.69 Å². The van der Waals surface area contributed by atoms with Crippen molar-refractivity contribution < 1.29 is 9.53 Å². The van der Waals surface area contributed by atoms with Crippen molar-refractivity contribution in [1.82, 2.24) is 20.0 Å². The first-order chi connectivity index (χ1) is 14.2. The lowest BCUT2D eigenvalue weighted by Crippen LogP contribution is -2.48. The summed E-state index contributed by atoms with van der Waals surface area (Å²) in [6.45, 7) is 12.4. The molecule has 0 aliphatic carbocycles. The van der Waals surface area contributed by atoms with Gasteiger partial charge in [0.25, 0.3) is 0 Å². The lowest BCUT2D eigenvalue weighted by atomic mass is 10.1. The fourth-order valence-electron chi connectivity index (χ4n) is 3.84. The average Bonchev–Trinajstić information content (AvgIpc) is 2.96. The van der Waals surface area contributed by atoms with Crippen LogP contribution >= 0.6 is 23.2 Å². The largest absolute Gasteiger partial charge is 0.374 e. The first-order valence-electron chi connectivity index (χ1n) is 10.4. The molecule has 1 N–H and O–H groups in total. The fourth-order valence-corrected chi connectivity index (χ4v) is 4.13. The van der Waals surface area contributed by atoms with E-state index >= 15 is 0 Å². The van der Waals surface area contributed by atoms with Crippen molar-refractivity contribution in [3.05, 3.63) is 45.2 Å². The summed E-state index contributed by atoms with van der Waals surface area (Å²) in [6.07, 6.45) is 0.309. The van der Waals surface area contributed by atoms with Gasteiger partial charge >= 0.3 is 0 Å². The molecule has 0 spiro atoms. The van der Waals surface area contributed by atoms with E-state index in [4.69, 9.17) is 27.9 Å². The Hall–Kier alpha value is -1.60. The van der Waals surface area contributed by atoms with Crippen LogP contribution in [0.4, 0.5) is 0 Å². The minimum Gasteiger partial charge on any atom is -0.374 e. The molecule has 1 aliphatic rings. The molecule has 30 heavy (non-hydrogen) atoms. The summed E-state index contributed by atoms with van der Waals surface area (Å²) in [6, 6.07) is 5.38. The molecule has 0 bridgehead atoms. The molecule has 2 heterocycles. The van der Waals surface area contributed by atoms with Gasteiger partial charge in [-0.15, -0.1) is 0 Å². The normalized spacial score (nSPS) is 17.5. The van der Waals surface area contributed by atoms with Crippen LogP contribution in [0.5, 0.6) is 0 Å². The minimum atomic E-state index is -0.0283. The van der Waals surface area contributed by atoms with Crippen LogP contribution in [0.3, 0.4) is 0 Å². The van der Waals surface area contributed by atoms with Crippen LogP contribution in [0.25, 0.3) is 5.69 Å². The van der Waals surface area contributed by atoms with Crippen molar-refractivity contribution in [1.29, 1.82) is 0 Å². The highest BCUT2D eigenvalue weighted by Gasteiger charge is 2.22. The Labute approximate surface area is 188 Å². The van der Waals surface area contributed by atoms with Crippen LogP contribution in [0, 0.1) is 19.8 Å². The Morgan fingerprint density at radius 2 is 2.07 bits per heavy atom. The van der Waals surface area contributed by atoms with Crippen LogP contribution in [0.1, 0.15) is 30.8 Å². The summed E-state index contributed by atoms with van der Waals surface area (Å²) in [5.41, 5.74) is 3.48. The lowest BCUT2D eigenvalue weighted by molar-refractivity contribution is -0.121. The van der Waals surface area contributed by atoms with Gasteiger partial charge in [0.1, 0.15) is 0 Å². The molecule has 8 heteroatoms. The number of carbonyl (C=O) groups excluding carboxylic acids is 1. The van der Waals surface area contributed by atoms with E-state index in [1.54, 1.807) is 16.8 Å².